The predicted octanol–water partition coefficient (Wildman–Crippen LogP) is 4.60. The molecule has 0 spiro atoms. The van der Waals surface area contributed by atoms with Crippen LogP contribution in [0.15, 0.2) is 24.3 Å². The van der Waals surface area contributed by atoms with Gasteiger partial charge in [0.05, 0.1) is 6.10 Å². The number of carbonyl (C=O) groups excluding carboxylic acids is 1. The molecule has 0 aromatic heterocycles. The average molecular weight is 302 g/mol. The molecular formula is C19H26O3. The SMILES string of the molecule is O=C(CCC1CCCO1)Oc1ccc(C2CCCCC2)cc1. The predicted molar refractivity (Wildman–Crippen MR) is 86.1 cm³/mol. The molecule has 2 fully saturated rings. The number of hydrogen-bond acceptors (Lipinski definition) is 3. The van der Waals surface area contributed by atoms with Crippen LogP contribution in [0.5, 0.6) is 5.75 Å². The van der Waals surface area contributed by atoms with Crippen LogP contribution in [0.25, 0.3) is 0 Å². The molecule has 1 saturated carbocycles. The second-order valence-corrected chi connectivity index (χ2v) is 6.55. The first-order valence-corrected chi connectivity index (χ1v) is 8.73. The van der Waals surface area contributed by atoms with Crippen molar-refractivity contribution in [2.24, 2.45) is 0 Å². The van der Waals surface area contributed by atoms with E-state index in [2.05, 4.69) is 12.1 Å². The number of rotatable bonds is 5. The molecule has 0 radical (unpaired) electrons. The van der Waals surface area contributed by atoms with Gasteiger partial charge in [-0.05, 0) is 55.7 Å². The summed E-state index contributed by atoms with van der Waals surface area (Å²) >= 11 is 0. The maximum absolute atomic E-state index is 11.9. The summed E-state index contributed by atoms with van der Waals surface area (Å²) in [5, 5.41) is 0. The van der Waals surface area contributed by atoms with Gasteiger partial charge in [-0.15, -0.1) is 0 Å². The summed E-state index contributed by atoms with van der Waals surface area (Å²) < 4.78 is 11.0. The largest absolute Gasteiger partial charge is 0.427 e. The molecule has 1 aromatic rings. The fourth-order valence-electron chi connectivity index (χ4n) is 3.58. The molecule has 1 atom stereocenters. The zero-order valence-electron chi connectivity index (χ0n) is 13.3. The van der Waals surface area contributed by atoms with Gasteiger partial charge < -0.3 is 9.47 Å². The summed E-state index contributed by atoms with van der Waals surface area (Å²) in [5.74, 6) is 1.20. The van der Waals surface area contributed by atoms with Crippen molar-refractivity contribution >= 4 is 5.97 Å². The minimum Gasteiger partial charge on any atom is -0.427 e. The Hall–Kier alpha value is -1.35. The normalized spacial score (nSPS) is 22.6. The summed E-state index contributed by atoms with van der Waals surface area (Å²) in [6.45, 7) is 0.836. The molecule has 0 N–H and O–H groups in total. The zero-order valence-corrected chi connectivity index (χ0v) is 13.3. The maximum Gasteiger partial charge on any atom is 0.311 e. The van der Waals surface area contributed by atoms with Crippen molar-refractivity contribution in [3.8, 4) is 5.75 Å². The summed E-state index contributed by atoms with van der Waals surface area (Å²) in [7, 11) is 0. The summed E-state index contributed by atoms with van der Waals surface area (Å²) in [5.41, 5.74) is 1.39. The minimum atomic E-state index is -0.152. The van der Waals surface area contributed by atoms with Crippen molar-refractivity contribution in [1.29, 1.82) is 0 Å². The number of carbonyl (C=O) groups is 1. The highest BCUT2D eigenvalue weighted by atomic mass is 16.5. The molecule has 0 amide bonds. The van der Waals surface area contributed by atoms with Crippen molar-refractivity contribution in [2.75, 3.05) is 6.61 Å². The average Bonchev–Trinajstić information content (AvgIpc) is 3.08. The topological polar surface area (TPSA) is 35.5 Å². The van der Waals surface area contributed by atoms with Crippen LogP contribution >= 0.6 is 0 Å². The third kappa shape index (κ3) is 4.33. The van der Waals surface area contributed by atoms with Gasteiger partial charge in [0.1, 0.15) is 5.75 Å². The molecule has 3 heteroatoms. The van der Waals surface area contributed by atoms with E-state index in [0.717, 1.165) is 25.9 Å². The van der Waals surface area contributed by atoms with Gasteiger partial charge in [0.2, 0.25) is 0 Å². The molecule has 1 aromatic carbocycles. The first kappa shape index (κ1) is 15.5. The van der Waals surface area contributed by atoms with E-state index >= 15 is 0 Å². The van der Waals surface area contributed by atoms with E-state index in [1.165, 1.54) is 37.7 Å². The van der Waals surface area contributed by atoms with Crippen molar-refractivity contribution < 1.29 is 14.3 Å². The Morgan fingerprint density at radius 1 is 1.05 bits per heavy atom. The Labute approximate surface area is 133 Å². The van der Waals surface area contributed by atoms with Crippen LogP contribution in [0, 0.1) is 0 Å². The van der Waals surface area contributed by atoms with E-state index in [0.29, 0.717) is 18.1 Å². The van der Waals surface area contributed by atoms with Gasteiger partial charge in [0, 0.05) is 13.0 Å². The molecule has 22 heavy (non-hydrogen) atoms. The Morgan fingerprint density at radius 2 is 1.82 bits per heavy atom. The highest BCUT2D eigenvalue weighted by Gasteiger charge is 2.18. The monoisotopic (exact) mass is 302 g/mol. The number of esters is 1. The zero-order chi connectivity index (χ0) is 15.2. The van der Waals surface area contributed by atoms with Crippen LogP contribution in [0.3, 0.4) is 0 Å². The summed E-state index contributed by atoms with van der Waals surface area (Å²) in [4.78, 5) is 11.9. The van der Waals surface area contributed by atoms with E-state index in [4.69, 9.17) is 9.47 Å². The van der Waals surface area contributed by atoms with Gasteiger partial charge in [0.15, 0.2) is 0 Å². The van der Waals surface area contributed by atoms with E-state index in [-0.39, 0.29) is 12.1 Å². The number of hydrogen-bond donors (Lipinski definition) is 0. The Kier molecular flexibility index (Phi) is 5.49. The second kappa shape index (κ2) is 7.77. The fraction of sp³-hybridized carbons (Fsp3) is 0.632. The number of ether oxygens (including phenoxy) is 2. The standard InChI is InChI=1S/C19H26O3/c20-19(13-12-17-7-4-14-21-17)22-18-10-8-16(9-11-18)15-5-2-1-3-6-15/h8-11,15,17H,1-7,12-14H2. The lowest BCUT2D eigenvalue weighted by atomic mass is 9.84. The Balaban J connectivity index is 1.46. The highest BCUT2D eigenvalue weighted by Crippen LogP contribution is 2.33. The molecule has 2 aliphatic rings. The number of benzene rings is 1. The van der Waals surface area contributed by atoms with Gasteiger partial charge >= 0.3 is 5.97 Å². The van der Waals surface area contributed by atoms with Crippen LogP contribution in [-0.2, 0) is 9.53 Å². The smallest absolute Gasteiger partial charge is 0.311 e. The molecule has 1 saturated heterocycles. The summed E-state index contributed by atoms with van der Waals surface area (Å²) in [6, 6.07) is 8.12. The van der Waals surface area contributed by atoms with E-state index in [9.17, 15) is 4.79 Å². The van der Waals surface area contributed by atoms with Crippen LogP contribution in [0.2, 0.25) is 0 Å². The molecule has 3 nitrogen and oxygen atoms in total. The van der Waals surface area contributed by atoms with Crippen molar-refractivity contribution in [3.05, 3.63) is 29.8 Å². The van der Waals surface area contributed by atoms with E-state index in [1.807, 2.05) is 12.1 Å². The van der Waals surface area contributed by atoms with Crippen LogP contribution in [-0.4, -0.2) is 18.7 Å². The molecule has 1 unspecified atom stereocenters. The first-order valence-electron chi connectivity index (χ1n) is 8.73. The Morgan fingerprint density at radius 3 is 2.50 bits per heavy atom. The van der Waals surface area contributed by atoms with Gasteiger partial charge in [-0.2, -0.15) is 0 Å². The third-order valence-corrected chi connectivity index (χ3v) is 4.88. The molecular weight excluding hydrogens is 276 g/mol. The maximum atomic E-state index is 11.9. The van der Waals surface area contributed by atoms with Crippen molar-refractivity contribution in [1.82, 2.24) is 0 Å². The van der Waals surface area contributed by atoms with Crippen LogP contribution in [0.1, 0.15) is 69.3 Å². The van der Waals surface area contributed by atoms with Crippen LogP contribution in [0.4, 0.5) is 0 Å². The van der Waals surface area contributed by atoms with Gasteiger partial charge in [-0.25, -0.2) is 0 Å². The molecule has 1 aliphatic carbocycles. The molecule has 1 heterocycles. The first-order chi connectivity index (χ1) is 10.8. The quantitative estimate of drug-likeness (QED) is 0.589. The molecule has 120 valence electrons. The molecule has 1 aliphatic heterocycles. The second-order valence-electron chi connectivity index (χ2n) is 6.55. The minimum absolute atomic E-state index is 0.152. The van der Waals surface area contributed by atoms with Crippen molar-refractivity contribution in [2.45, 2.75) is 69.8 Å². The lowest BCUT2D eigenvalue weighted by molar-refractivity contribution is -0.135. The lowest BCUT2D eigenvalue weighted by Gasteiger charge is -2.22. The summed E-state index contributed by atoms with van der Waals surface area (Å²) in [6.07, 6.45) is 10.3. The van der Waals surface area contributed by atoms with Gasteiger partial charge in [-0.3, -0.25) is 4.79 Å². The lowest BCUT2D eigenvalue weighted by Crippen LogP contribution is -2.13. The van der Waals surface area contributed by atoms with Crippen molar-refractivity contribution in [3.63, 3.8) is 0 Å². The Bertz CT molecular complexity index is 468. The van der Waals surface area contributed by atoms with Gasteiger partial charge in [0.25, 0.3) is 0 Å². The van der Waals surface area contributed by atoms with E-state index < -0.39 is 0 Å². The highest BCUT2D eigenvalue weighted by molar-refractivity contribution is 5.72. The molecule has 0 bridgehead atoms. The van der Waals surface area contributed by atoms with Crippen LogP contribution < -0.4 is 4.74 Å². The van der Waals surface area contributed by atoms with E-state index in [1.54, 1.807) is 0 Å². The third-order valence-electron chi connectivity index (χ3n) is 4.88. The van der Waals surface area contributed by atoms with Gasteiger partial charge in [-0.1, -0.05) is 31.4 Å². The fourth-order valence-corrected chi connectivity index (χ4v) is 3.58. The molecule has 3 rings (SSSR count).